The Morgan fingerprint density at radius 3 is 1.22 bits per heavy atom. The van der Waals surface area contributed by atoms with Crippen LogP contribution in [-0.4, -0.2) is 78.9 Å². The van der Waals surface area contributed by atoms with Crippen molar-refractivity contribution in [1.82, 2.24) is 0 Å². The summed E-state index contributed by atoms with van der Waals surface area (Å²) in [5.41, 5.74) is 0. The van der Waals surface area contributed by atoms with Crippen molar-refractivity contribution in [3.63, 3.8) is 0 Å². The van der Waals surface area contributed by atoms with E-state index in [9.17, 15) is 4.79 Å². The van der Waals surface area contributed by atoms with E-state index in [0.717, 1.165) is 6.29 Å². The molecule has 0 radical (unpaired) electrons. The molecule has 0 unspecified atom stereocenters. The van der Waals surface area contributed by atoms with Gasteiger partial charge in [-0.15, -0.1) is 0 Å². The van der Waals surface area contributed by atoms with E-state index in [-0.39, 0.29) is 6.10 Å². The number of rotatable bonds is 15. The second kappa shape index (κ2) is 12.0. The van der Waals surface area contributed by atoms with E-state index >= 15 is 0 Å². The molecule has 0 aromatic carbocycles. The molecule has 6 nitrogen and oxygen atoms in total. The first-order valence-corrected chi connectivity index (χ1v) is 28.8. The third-order valence-corrected chi connectivity index (χ3v) is 8.78. The van der Waals surface area contributed by atoms with E-state index in [1.165, 1.54) is 0 Å². The molecular formula is C21H52O6Si5. The molecule has 0 saturated carbocycles. The average molecular weight is 541 g/mol. The molecule has 0 amide bonds. The summed E-state index contributed by atoms with van der Waals surface area (Å²) in [6, 6.07) is 0. The Bertz CT molecular complexity index is 570. The molecule has 0 aromatic rings. The van der Waals surface area contributed by atoms with Gasteiger partial charge in [-0.05, 0) is 98.2 Å². The summed E-state index contributed by atoms with van der Waals surface area (Å²) in [5, 5.41) is 0. The summed E-state index contributed by atoms with van der Waals surface area (Å²) in [6.07, 6.45) is -1.11. The molecule has 0 aliphatic heterocycles. The molecule has 0 saturated heterocycles. The maximum Gasteiger partial charge on any atom is 0.184 e. The van der Waals surface area contributed by atoms with Gasteiger partial charge in [-0.25, -0.2) is 0 Å². The lowest BCUT2D eigenvalue weighted by molar-refractivity contribution is -0.127. The van der Waals surface area contributed by atoms with Crippen molar-refractivity contribution in [2.45, 2.75) is 123 Å². The first kappa shape index (κ1) is 32.6. The van der Waals surface area contributed by atoms with Crippen LogP contribution in [0.15, 0.2) is 0 Å². The fraction of sp³-hybridized carbons (Fsp3) is 0.952. The number of carbonyl (C=O) groups is 1. The fourth-order valence-electron chi connectivity index (χ4n) is 3.05. The summed E-state index contributed by atoms with van der Waals surface area (Å²) in [4.78, 5) is 12.3. The van der Waals surface area contributed by atoms with Crippen molar-refractivity contribution in [1.29, 1.82) is 0 Å². The van der Waals surface area contributed by atoms with E-state index < -0.39 is 59.9 Å². The van der Waals surface area contributed by atoms with Gasteiger partial charge in [0.2, 0.25) is 0 Å². The maximum absolute atomic E-state index is 12.3. The zero-order chi connectivity index (χ0) is 25.8. The van der Waals surface area contributed by atoms with Crippen LogP contribution in [0.3, 0.4) is 0 Å². The topological polar surface area (TPSA) is 63.2 Å². The largest absolute Gasteiger partial charge is 0.415 e. The van der Waals surface area contributed by atoms with Crippen molar-refractivity contribution in [2.75, 3.05) is 6.61 Å². The van der Waals surface area contributed by atoms with Crippen LogP contribution in [-0.2, 0) is 26.9 Å². The second-order valence-corrected chi connectivity index (χ2v) is 35.8. The van der Waals surface area contributed by atoms with Gasteiger partial charge in [-0.1, -0.05) is 0 Å². The molecule has 0 rings (SSSR count). The van der Waals surface area contributed by atoms with Gasteiger partial charge in [0.1, 0.15) is 18.5 Å². The Balaban J connectivity index is 6.51. The normalized spacial score (nSPS) is 18.2. The van der Waals surface area contributed by atoms with Gasteiger partial charge >= 0.3 is 0 Å². The minimum absolute atomic E-state index is 0.325. The van der Waals surface area contributed by atoms with Crippen LogP contribution in [0, 0.1) is 0 Å². The molecule has 192 valence electrons. The average Bonchev–Trinajstić information content (AvgIpc) is 2.48. The third kappa shape index (κ3) is 16.2. The summed E-state index contributed by atoms with van der Waals surface area (Å²) >= 11 is 0. The van der Waals surface area contributed by atoms with Crippen molar-refractivity contribution in [2.24, 2.45) is 0 Å². The molecule has 0 N–H and O–H groups in total. The summed E-state index contributed by atoms with van der Waals surface area (Å²) in [5.74, 6) is 0. The Kier molecular flexibility index (Phi) is 12.2. The highest BCUT2D eigenvalue weighted by atomic mass is 28.4. The van der Waals surface area contributed by atoms with Crippen molar-refractivity contribution in [3.8, 4) is 0 Å². The highest BCUT2D eigenvalue weighted by molar-refractivity contribution is 6.71. The lowest BCUT2D eigenvalue weighted by Crippen LogP contribution is -2.59. The fourth-order valence-corrected chi connectivity index (χ4v) is 8.02. The Morgan fingerprint density at radius 1 is 0.531 bits per heavy atom. The Morgan fingerprint density at radius 2 is 0.906 bits per heavy atom. The zero-order valence-electron chi connectivity index (χ0n) is 23.5. The third-order valence-electron chi connectivity index (χ3n) is 3.80. The van der Waals surface area contributed by atoms with Crippen LogP contribution >= 0.6 is 0 Å². The van der Waals surface area contributed by atoms with E-state index in [1.807, 2.05) is 0 Å². The van der Waals surface area contributed by atoms with Gasteiger partial charge in [-0.3, -0.25) is 0 Å². The van der Waals surface area contributed by atoms with Gasteiger partial charge in [0.25, 0.3) is 0 Å². The molecule has 0 heterocycles. The second-order valence-electron chi connectivity index (χ2n) is 13.4. The first-order valence-electron chi connectivity index (χ1n) is 11.7. The minimum Gasteiger partial charge on any atom is -0.415 e. The molecule has 0 aliphatic carbocycles. The number of hydrogen-bond acceptors (Lipinski definition) is 6. The van der Waals surface area contributed by atoms with Gasteiger partial charge < -0.3 is 26.9 Å². The quantitative estimate of drug-likeness (QED) is 0.190. The first-order chi connectivity index (χ1) is 13.9. The lowest BCUT2D eigenvalue weighted by Gasteiger charge is -2.44. The maximum atomic E-state index is 12.3. The highest BCUT2D eigenvalue weighted by Gasteiger charge is 2.45. The monoisotopic (exact) mass is 540 g/mol. The van der Waals surface area contributed by atoms with Gasteiger partial charge in [0, 0.05) is 0 Å². The molecule has 32 heavy (non-hydrogen) atoms. The molecule has 0 spiro atoms. The zero-order valence-corrected chi connectivity index (χ0v) is 28.5. The van der Waals surface area contributed by atoms with Gasteiger partial charge in [0.15, 0.2) is 41.6 Å². The molecular weight excluding hydrogens is 489 g/mol. The lowest BCUT2D eigenvalue weighted by atomic mass is 10.0. The van der Waals surface area contributed by atoms with Crippen molar-refractivity contribution < 1.29 is 26.9 Å². The summed E-state index contributed by atoms with van der Waals surface area (Å²) < 4.78 is 32.8. The van der Waals surface area contributed by atoms with Gasteiger partial charge in [-0.2, -0.15) is 0 Å². The highest BCUT2D eigenvalue weighted by Crippen LogP contribution is 2.28. The van der Waals surface area contributed by atoms with Crippen LogP contribution in [0.5, 0.6) is 0 Å². The predicted molar refractivity (Wildman–Crippen MR) is 148 cm³/mol. The SMILES string of the molecule is C[Si](C)(C)OC[C@H](O[Si](C)(C)C)[C@@H](O[Si](C)(C)C)[C@H](O[Si](C)(C)C)[C@@H](C=O)O[Si](C)(C)C. The molecule has 11 heteroatoms. The van der Waals surface area contributed by atoms with E-state index in [2.05, 4.69) is 98.2 Å². The molecule has 0 fully saturated rings. The van der Waals surface area contributed by atoms with E-state index in [0.29, 0.717) is 6.61 Å². The molecule has 0 aliphatic rings. The molecule has 4 atom stereocenters. The van der Waals surface area contributed by atoms with E-state index in [1.54, 1.807) is 0 Å². The Labute approximate surface area is 203 Å². The van der Waals surface area contributed by atoms with Crippen molar-refractivity contribution >= 4 is 47.9 Å². The van der Waals surface area contributed by atoms with Crippen LogP contribution in [0.4, 0.5) is 0 Å². The molecule has 0 bridgehead atoms. The van der Waals surface area contributed by atoms with Crippen LogP contribution in [0.2, 0.25) is 98.2 Å². The van der Waals surface area contributed by atoms with Crippen LogP contribution in [0.25, 0.3) is 0 Å². The number of carbonyl (C=O) groups excluding carboxylic acids is 1. The van der Waals surface area contributed by atoms with E-state index in [4.69, 9.17) is 22.1 Å². The smallest absolute Gasteiger partial charge is 0.184 e. The van der Waals surface area contributed by atoms with Gasteiger partial charge in [0.05, 0.1) is 18.8 Å². The minimum atomic E-state index is -2.04. The van der Waals surface area contributed by atoms with Crippen LogP contribution in [0.1, 0.15) is 0 Å². The summed E-state index contributed by atoms with van der Waals surface area (Å²) in [6.45, 7) is 32.6. The number of aldehydes is 1. The van der Waals surface area contributed by atoms with Crippen LogP contribution < -0.4 is 0 Å². The number of hydrogen-bond donors (Lipinski definition) is 0. The Hall–Kier alpha value is 0.554. The standard InChI is InChI=1S/C21H52O6Si5/c1-28(2,3)23-17-19(25-30(7,8)9)21(27-32(13,14)15)20(26-31(10,11)12)18(16-22)24-29(4,5)6/h16,18-21H,17H2,1-15H3/t18-,19+,20-,21-/m1/s1. The predicted octanol–water partition coefficient (Wildman–Crippen LogP) is 5.92. The molecule has 0 aromatic heterocycles. The van der Waals surface area contributed by atoms with Crippen molar-refractivity contribution in [3.05, 3.63) is 0 Å². The summed E-state index contributed by atoms with van der Waals surface area (Å²) in [7, 11) is -9.81.